The lowest BCUT2D eigenvalue weighted by atomic mass is 9.99. The number of piperidine rings is 1. The molecule has 1 heterocycles. The van der Waals surface area contributed by atoms with Crippen molar-refractivity contribution in [3.63, 3.8) is 0 Å². The third-order valence-corrected chi connectivity index (χ3v) is 4.78. The smallest absolute Gasteiger partial charge is 0.238 e. The van der Waals surface area contributed by atoms with Crippen molar-refractivity contribution in [2.24, 2.45) is 5.92 Å². The maximum atomic E-state index is 12.6. The minimum absolute atomic E-state index is 0.121. The number of likely N-dealkylation sites (tertiary alicyclic amines) is 1. The summed E-state index contributed by atoms with van der Waals surface area (Å²) in [4.78, 5) is 28.8. The van der Waals surface area contributed by atoms with Gasteiger partial charge in [-0.05, 0) is 43.9 Å². The van der Waals surface area contributed by atoms with Crippen LogP contribution in [0.15, 0.2) is 24.3 Å². The molecule has 2 amide bonds. The van der Waals surface area contributed by atoms with E-state index in [1.165, 1.54) is 0 Å². The summed E-state index contributed by atoms with van der Waals surface area (Å²) >= 11 is 0. The molecule has 6 nitrogen and oxygen atoms in total. The van der Waals surface area contributed by atoms with Crippen LogP contribution in [0.1, 0.15) is 33.1 Å². The second-order valence-corrected chi connectivity index (χ2v) is 7.02. The van der Waals surface area contributed by atoms with Crippen LogP contribution in [-0.4, -0.2) is 61.4 Å². The molecule has 1 saturated heterocycles. The van der Waals surface area contributed by atoms with Crippen molar-refractivity contribution < 1.29 is 14.3 Å². The van der Waals surface area contributed by atoms with Crippen LogP contribution < -0.4 is 10.1 Å². The molecule has 1 fully saturated rings. The number of amides is 2. The third-order valence-electron chi connectivity index (χ3n) is 4.78. The number of methoxy groups -OCH3 is 1. The zero-order chi connectivity index (χ0) is 18.9. The van der Waals surface area contributed by atoms with E-state index < -0.39 is 0 Å². The molecular weight excluding hydrogens is 330 g/mol. The summed E-state index contributed by atoms with van der Waals surface area (Å²) in [5.74, 6) is 1.30. The first-order valence-electron chi connectivity index (χ1n) is 9.46. The van der Waals surface area contributed by atoms with Gasteiger partial charge in [0.2, 0.25) is 11.8 Å². The largest absolute Gasteiger partial charge is 0.495 e. The number of anilines is 1. The fraction of sp³-hybridized carbons (Fsp3) is 0.600. The van der Waals surface area contributed by atoms with Crippen LogP contribution >= 0.6 is 0 Å². The summed E-state index contributed by atoms with van der Waals surface area (Å²) in [7, 11) is 1.58. The van der Waals surface area contributed by atoms with Crippen molar-refractivity contribution in [1.29, 1.82) is 0 Å². The molecule has 0 unspecified atom stereocenters. The Morgan fingerprint density at radius 1 is 1.23 bits per heavy atom. The molecule has 0 radical (unpaired) electrons. The van der Waals surface area contributed by atoms with Crippen molar-refractivity contribution in [3.05, 3.63) is 24.3 Å². The number of nitrogens with one attached hydrogen (secondary N) is 1. The minimum Gasteiger partial charge on any atom is -0.495 e. The van der Waals surface area contributed by atoms with Crippen LogP contribution in [-0.2, 0) is 9.59 Å². The van der Waals surface area contributed by atoms with Crippen LogP contribution in [0.4, 0.5) is 5.69 Å². The molecule has 144 valence electrons. The highest BCUT2D eigenvalue weighted by atomic mass is 16.5. The molecule has 1 N–H and O–H groups in total. The van der Waals surface area contributed by atoms with E-state index in [1.54, 1.807) is 19.2 Å². The van der Waals surface area contributed by atoms with Gasteiger partial charge in [-0.3, -0.25) is 14.5 Å². The number of carbonyl (C=O) groups is 2. The van der Waals surface area contributed by atoms with Crippen LogP contribution in [0, 0.1) is 5.92 Å². The molecule has 1 aromatic rings. The first-order chi connectivity index (χ1) is 12.5. The SMILES string of the molecule is CCCN(CC(=O)Nc1ccccc1OC)CC(=O)N1CCC(C)CC1. The first kappa shape index (κ1) is 20.2. The van der Waals surface area contributed by atoms with Gasteiger partial charge >= 0.3 is 0 Å². The topological polar surface area (TPSA) is 61.9 Å². The predicted octanol–water partition coefficient (Wildman–Crippen LogP) is 2.60. The summed E-state index contributed by atoms with van der Waals surface area (Å²) in [6.45, 7) is 7.14. The number of ether oxygens (including phenoxy) is 1. The van der Waals surface area contributed by atoms with E-state index in [-0.39, 0.29) is 18.4 Å². The van der Waals surface area contributed by atoms with E-state index in [4.69, 9.17) is 4.74 Å². The molecule has 0 aromatic heterocycles. The lowest BCUT2D eigenvalue weighted by Gasteiger charge is -2.32. The lowest BCUT2D eigenvalue weighted by Crippen LogP contribution is -2.45. The van der Waals surface area contributed by atoms with E-state index >= 15 is 0 Å². The standard InChI is InChI=1S/C20H31N3O3/c1-4-11-22(15-20(25)23-12-9-16(2)10-13-23)14-19(24)21-17-7-5-6-8-18(17)26-3/h5-8,16H,4,9-15H2,1-3H3,(H,21,24). The second-order valence-electron chi connectivity index (χ2n) is 7.02. The third kappa shape index (κ3) is 6.02. The van der Waals surface area contributed by atoms with Crippen molar-refractivity contribution >= 4 is 17.5 Å². The zero-order valence-corrected chi connectivity index (χ0v) is 16.2. The van der Waals surface area contributed by atoms with Gasteiger partial charge in [-0.25, -0.2) is 0 Å². The number of nitrogens with zero attached hydrogens (tertiary/aromatic N) is 2. The average molecular weight is 361 g/mol. The Morgan fingerprint density at radius 2 is 1.92 bits per heavy atom. The molecule has 1 aliphatic rings. The Balaban J connectivity index is 1.90. The van der Waals surface area contributed by atoms with Crippen molar-refractivity contribution in [2.45, 2.75) is 33.1 Å². The van der Waals surface area contributed by atoms with Gasteiger partial charge in [-0.15, -0.1) is 0 Å². The summed E-state index contributed by atoms with van der Waals surface area (Å²) in [6.07, 6.45) is 3.02. The fourth-order valence-corrected chi connectivity index (χ4v) is 3.22. The summed E-state index contributed by atoms with van der Waals surface area (Å²) in [5.41, 5.74) is 0.646. The molecule has 0 bridgehead atoms. The van der Waals surface area contributed by atoms with E-state index in [0.29, 0.717) is 23.9 Å². The molecule has 26 heavy (non-hydrogen) atoms. The zero-order valence-electron chi connectivity index (χ0n) is 16.2. The molecule has 0 saturated carbocycles. The van der Waals surface area contributed by atoms with E-state index in [2.05, 4.69) is 19.2 Å². The molecule has 0 spiro atoms. The summed E-state index contributed by atoms with van der Waals surface area (Å²) in [5, 5.41) is 2.88. The van der Waals surface area contributed by atoms with Crippen LogP contribution in [0.3, 0.4) is 0 Å². The van der Waals surface area contributed by atoms with Gasteiger partial charge in [0.15, 0.2) is 0 Å². The monoisotopic (exact) mass is 361 g/mol. The number of para-hydroxylation sites is 2. The average Bonchev–Trinajstić information content (AvgIpc) is 2.62. The van der Waals surface area contributed by atoms with Crippen LogP contribution in [0.5, 0.6) is 5.75 Å². The van der Waals surface area contributed by atoms with E-state index in [0.717, 1.165) is 38.9 Å². The number of hydrogen-bond acceptors (Lipinski definition) is 4. The molecule has 1 aromatic carbocycles. The van der Waals surface area contributed by atoms with E-state index in [9.17, 15) is 9.59 Å². The quantitative estimate of drug-likeness (QED) is 0.773. The van der Waals surface area contributed by atoms with Crippen LogP contribution in [0.2, 0.25) is 0 Å². The van der Waals surface area contributed by atoms with Gasteiger partial charge in [-0.1, -0.05) is 26.0 Å². The highest BCUT2D eigenvalue weighted by Crippen LogP contribution is 2.23. The second kappa shape index (κ2) is 10.2. The van der Waals surface area contributed by atoms with Crippen LogP contribution in [0.25, 0.3) is 0 Å². The number of rotatable bonds is 8. The molecule has 1 aliphatic heterocycles. The number of carbonyl (C=O) groups excluding carboxylic acids is 2. The van der Waals surface area contributed by atoms with Gasteiger partial charge < -0.3 is 15.0 Å². The number of benzene rings is 1. The Labute approximate surface area is 156 Å². The van der Waals surface area contributed by atoms with E-state index in [1.807, 2.05) is 21.9 Å². The van der Waals surface area contributed by atoms with Crippen molar-refractivity contribution in [2.75, 3.05) is 45.2 Å². The maximum absolute atomic E-state index is 12.6. The Kier molecular flexibility index (Phi) is 7.91. The lowest BCUT2D eigenvalue weighted by molar-refractivity contribution is -0.134. The molecule has 2 rings (SSSR count). The molecule has 0 aliphatic carbocycles. The fourth-order valence-electron chi connectivity index (χ4n) is 3.22. The Hall–Kier alpha value is -2.08. The minimum atomic E-state index is -0.136. The van der Waals surface area contributed by atoms with Crippen molar-refractivity contribution in [1.82, 2.24) is 9.80 Å². The first-order valence-corrected chi connectivity index (χ1v) is 9.46. The summed E-state index contributed by atoms with van der Waals surface area (Å²) < 4.78 is 5.26. The van der Waals surface area contributed by atoms with Gasteiger partial charge in [0.1, 0.15) is 5.75 Å². The van der Waals surface area contributed by atoms with Gasteiger partial charge in [0, 0.05) is 13.1 Å². The normalized spacial score (nSPS) is 15.2. The number of hydrogen-bond donors (Lipinski definition) is 1. The Bertz CT molecular complexity index is 598. The van der Waals surface area contributed by atoms with Gasteiger partial charge in [-0.2, -0.15) is 0 Å². The molecular formula is C20H31N3O3. The highest BCUT2D eigenvalue weighted by Gasteiger charge is 2.23. The Morgan fingerprint density at radius 3 is 2.58 bits per heavy atom. The highest BCUT2D eigenvalue weighted by molar-refractivity contribution is 5.94. The van der Waals surface area contributed by atoms with Crippen molar-refractivity contribution in [3.8, 4) is 5.75 Å². The molecule has 6 heteroatoms. The molecule has 0 atom stereocenters. The summed E-state index contributed by atoms with van der Waals surface area (Å²) in [6, 6.07) is 7.32. The maximum Gasteiger partial charge on any atom is 0.238 e. The predicted molar refractivity (Wildman–Crippen MR) is 103 cm³/mol. The van der Waals surface area contributed by atoms with Gasteiger partial charge in [0.05, 0.1) is 25.9 Å². The van der Waals surface area contributed by atoms with Gasteiger partial charge in [0.25, 0.3) is 0 Å².